The van der Waals surface area contributed by atoms with Gasteiger partial charge in [0.2, 0.25) is 0 Å². The molecule has 0 spiro atoms. The van der Waals surface area contributed by atoms with Crippen LogP contribution in [0.5, 0.6) is 0 Å². The van der Waals surface area contributed by atoms with Gasteiger partial charge >= 0.3 is 0 Å². The monoisotopic (exact) mass is 282 g/mol. The summed E-state index contributed by atoms with van der Waals surface area (Å²) in [6, 6.07) is 2.54. The van der Waals surface area contributed by atoms with Crippen LogP contribution in [0.25, 0.3) is 0 Å². The molecule has 0 aromatic carbocycles. The molecule has 1 N–H and O–H groups in total. The topological polar surface area (TPSA) is 32.3 Å². The van der Waals surface area contributed by atoms with Gasteiger partial charge < -0.3 is 10.2 Å². The highest BCUT2D eigenvalue weighted by atomic mass is 32.2. The summed E-state index contributed by atoms with van der Waals surface area (Å²) in [7, 11) is 0. The highest BCUT2D eigenvalue weighted by Gasteiger charge is 2.24. The first kappa shape index (κ1) is 12.5. The molecule has 0 bridgehead atoms. The summed E-state index contributed by atoms with van der Waals surface area (Å²) in [6.07, 6.45) is 1.13. The van der Waals surface area contributed by atoms with Crippen molar-refractivity contribution in [1.82, 2.24) is 10.2 Å². The highest BCUT2D eigenvalue weighted by molar-refractivity contribution is 7.98. The lowest BCUT2D eigenvalue weighted by molar-refractivity contribution is 0.0714. The second kappa shape index (κ2) is 5.23. The lowest BCUT2D eigenvalue weighted by Crippen LogP contribution is -2.51. The van der Waals surface area contributed by atoms with Crippen LogP contribution in [-0.2, 0) is 12.2 Å². The molecule has 1 fully saturated rings. The van der Waals surface area contributed by atoms with Crippen molar-refractivity contribution in [3.8, 4) is 0 Å². The Labute approximate surface area is 116 Å². The van der Waals surface area contributed by atoms with Gasteiger partial charge in [-0.3, -0.25) is 4.79 Å². The second-order valence-electron chi connectivity index (χ2n) is 4.97. The number of carbonyl (C=O) groups is 1. The Hall–Kier alpha value is -0.520. The molecule has 0 unspecified atom stereocenters. The Balaban J connectivity index is 1.77. The molecular weight excluding hydrogens is 264 g/mol. The first-order valence-corrected chi connectivity index (χ1v) is 8.43. The molecule has 1 amide bonds. The minimum atomic E-state index is 0.229. The van der Waals surface area contributed by atoms with Crippen LogP contribution in [0.4, 0.5) is 0 Å². The van der Waals surface area contributed by atoms with Gasteiger partial charge in [-0.25, -0.2) is 0 Å². The van der Waals surface area contributed by atoms with Gasteiger partial charge in [0.05, 0.1) is 4.88 Å². The van der Waals surface area contributed by atoms with Gasteiger partial charge in [0, 0.05) is 36.3 Å². The number of nitrogens with zero attached hydrogens (tertiary/aromatic N) is 1. The van der Waals surface area contributed by atoms with E-state index in [-0.39, 0.29) is 5.91 Å². The maximum atomic E-state index is 12.5. The highest BCUT2D eigenvalue weighted by Crippen LogP contribution is 2.32. The fourth-order valence-corrected chi connectivity index (χ4v) is 4.87. The standard InChI is InChI=1S/C13H18N2OS2/c1-9-7-15(4-3-14-9)13(16)12-6-10-8-17-5-2-11(10)18-12/h6,9,14H,2-5,7-8H2,1H3/t9-/m1/s1. The molecule has 0 saturated carbocycles. The fraction of sp³-hybridized carbons (Fsp3) is 0.615. The van der Waals surface area contributed by atoms with E-state index >= 15 is 0 Å². The minimum absolute atomic E-state index is 0.229. The van der Waals surface area contributed by atoms with Crippen LogP contribution >= 0.6 is 23.1 Å². The summed E-state index contributed by atoms with van der Waals surface area (Å²) in [6.45, 7) is 4.71. The van der Waals surface area contributed by atoms with E-state index in [1.807, 2.05) is 16.7 Å². The van der Waals surface area contributed by atoms with Gasteiger partial charge in [0.1, 0.15) is 0 Å². The Bertz CT molecular complexity index is 434. The lowest BCUT2D eigenvalue weighted by Gasteiger charge is -2.31. The van der Waals surface area contributed by atoms with E-state index in [1.54, 1.807) is 11.3 Å². The molecule has 3 nitrogen and oxygen atoms in total. The van der Waals surface area contributed by atoms with Gasteiger partial charge in [-0.1, -0.05) is 0 Å². The molecule has 1 atom stereocenters. The van der Waals surface area contributed by atoms with E-state index < -0.39 is 0 Å². The van der Waals surface area contributed by atoms with Gasteiger partial charge in [0.25, 0.3) is 5.91 Å². The lowest BCUT2D eigenvalue weighted by atomic mass is 10.2. The smallest absolute Gasteiger partial charge is 0.264 e. The summed E-state index contributed by atoms with van der Waals surface area (Å²) in [5.41, 5.74) is 1.39. The Kier molecular flexibility index (Phi) is 3.63. The van der Waals surface area contributed by atoms with Crippen molar-refractivity contribution in [3.05, 3.63) is 21.4 Å². The number of thioether (sulfide) groups is 1. The largest absolute Gasteiger partial charge is 0.335 e. The van der Waals surface area contributed by atoms with Gasteiger partial charge in [0.15, 0.2) is 0 Å². The number of piperazine rings is 1. The third kappa shape index (κ3) is 2.44. The third-order valence-electron chi connectivity index (χ3n) is 3.49. The normalized spacial score (nSPS) is 23.8. The maximum Gasteiger partial charge on any atom is 0.264 e. The molecule has 0 aliphatic carbocycles. The summed E-state index contributed by atoms with van der Waals surface area (Å²) < 4.78 is 0. The van der Waals surface area contributed by atoms with E-state index in [2.05, 4.69) is 18.3 Å². The molecule has 2 aliphatic rings. The average molecular weight is 282 g/mol. The summed E-state index contributed by atoms with van der Waals surface area (Å²) >= 11 is 3.68. The number of hydrogen-bond donors (Lipinski definition) is 1. The quantitative estimate of drug-likeness (QED) is 0.855. The minimum Gasteiger partial charge on any atom is -0.335 e. The predicted molar refractivity (Wildman–Crippen MR) is 77.6 cm³/mol. The number of rotatable bonds is 1. The van der Waals surface area contributed by atoms with E-state index in [0.29, 0.717) is 6.04 Å². The first-order chi connectivity index (χ1) is 8.74. The molecule has 1 saturated heterocycles. The SMILES string of the molecule is C[C@@H]1CN(C(=O)c2cc3c(s2)CCSC3)CCN1. The van der Waals surface area contributed by atoms with Crippen molar-refractivity contribution in [3.63, 3.8) is 0 Å². The molecule has 3 heterocycles. The van der Waals surface area contributed by atoms with Crippen LogP contribution in [0.1, 0.15) is 27.0 Å². The Morgan fingerprint density at radius 2 is 2.44 bits per heavy atom. The van der Waals surface area contributed by atoms with Crippen LogP contribution in [0, 0.1) is 0 Å². The van der Waals surface area contributed by atoms with E-state index in [9.17, 15) is 4.79 Å². The molecule has 1 aromatic heterocycles. The van der Waals surface area contributed by atoms with Crippen molar-refractivity contribution in [1.29, 1.82) is 0 Å². The molecule has 5 heteroatoms. The number of nitrogens with one attached hydrogen (secondary N) is 1. The van der Waals surface area contributed by atoms with E-state index in [1.165, 1.54) is 16.2 Å². The summed E-state index contributed by atoms with van der Waals surface area (Å²) in [4.78, 5) is 16.8. The van der Waals surface area contributed by atoms with Crippen molar-refractivity contribution < 1.29 is 4.79 Å². The zero-order valence-corrected chi connectivity index (χ0v) is 12.2. The van der Waals surface area contributed by atoms with Crippen LogP contribution < -0.4 is 5.32 Å². The molecular formula is C13H18N2OS2. The molecule has 2 aliphatic heterocycles. The van der Waals surface area contributed by atoms with Gasteiger partial charge in [-0.05, 0) is 30.7 Å². The Morgan fingerprint density at radius 1 is 1.56 bits per heavy atom. The van der Waals surface area contributed by atoms with E-state index in [0.717, 1.165) is 36.7 Å². The molecule has 98 valence electrons. The number of fused-ring (bicyclic) bond motifs is 1. The number of aryl methyl sites for hydroxylation is 1. The average Bonchev–Trinajstić information content (AvgIpc) is 2.81. The molecule has 3 rings (SSSR count). The maximum absolute atomic E-state index is 12.5. The van der Waals surface area contributed by atoms with Crippen molar-refractivity contribution in [2.75, 3.05) is 25.4 Å². The molecule has 1 aromatic rings. The first-order valence-electron chi connectivity index (χ1n) is 6.46. The second-order valence-corrected chi connectivity index (χ2v) is 7.21. The fourth-order valence-electron chi connectivity index (χ4n) is 2.53. The Morgan fingerprint density at radius 3 is 3.22 bits per heavy atom. The summed E-state index contributed by atoms with van der Waals surface area (Å²) in [5.74, 6) is 2.51. The van der Waals surface area contributed by atoms with Crippen molar-refractivity contribution in [2.24, 2.45) is 0 Å². The number of amides is 1. The summed E-state index contributed by atoms with van der Waals surface area (Å²) in [5, 5.41) is 3.37. The number of hydrogen-bond acceptors (Lipinski definition) is 4. The van der Waals surface area contributed by atoms with Crippen LogP contribution in [0.15, 0.2) is 6.07 Å². The van der Waals surface area contributed by atoms with E-state index in [4.69, 9.17) is 0 Å². The van der Waals surface area contributed by atoms with Crippen molar-refractivity contribution in [2.45, 2.75) is 25.1 Å². The zero-order valence-electron chi connectivity index (χ0n) is 10.6. The predicted octanol–water partition coefficient (Wildman–Crippen LogP) is 1.97. The number of thiophene rings is 1. The van der Waals surface area contributed by atoms with Gasteiger partial charge in [-0.2, -0.15) is 11.8 Å². The van der Waals surface area contributed by atoms with Crippen LogP contribution in [0.3, 0.4) is 0 Å². The molecule has 18 heavy (non-hydrogen) atoms. The molecule has 0 radical (unpaired) electrons. The van der Waals surface area contributed by atoms with Crippen LogP contribution in [0.2, 0.25) is 0 Å². The van der Waals surface area contributed by atoms with Gasteiger partial charge in [-0.15, -0.1) is 11.3 Å². The number of carbonyl (C=O) groups excluding carboxylic acids is 1. The zero-order chi connectivity index (χ0) is 12.5. The van der Waals surface area contributed by atoms with Crippen molar-refractivity contribution >= 4 is 29.0 Å². The third-order valence-corrected chi connectivity index (χ3v) is 5.73. The van der Waals surface area contributed by atoms with Crippen LogP contribution in [-0.4, -0.2) is 42.2 Å².